The maximum atomic E-state index is 12.1. The lowest BCUT2D eigenvalue weighted by Gasteiger charge is -1.99. The molecule has 2 aromatic rings. The smallest absolute Gasteiger partial charge is 0.227 e. The number of nitrogens with zero attached hydrogens (tertiary/aromatic N) is 3. The Bertz CT molecular complexity index is 674. The number of oxime groups is 1. The fourth-order valence-electron chi connectivity index (χ4n) is 1.71. The fraction of sp³-hybridized carbons (Fsp3) is 0.0667. The summed E-state index contributed by atoms with van der Waals surface area (Å²) < 4.78 is 1.73. The maximum Gasteiger partial charge on any atom is 0.227 e. The first-order valence-electron chi connectivity index (χ1n) is 5.93. The molecule has 1 heterocycles. The molecule has 0 saturated heterocycles. The second-order valence-electron chi connectivity index (χ2n) is 4.16. The highest BCUT2D eigenvalue weighted by Gasteiger charge is 2.11. The monoisotopic (exact) mass is 345 g/mol. The van der Waals surface area contributed by atoms with Crippen LogP contribution in [0.4, 0.5) is 0 Å². The van der Waals surface area contributed by atoms with Crippen LogP contribution in [0.5, 0.6) is 0 Å². The van der Waals surface area contributed by atoms with E-state index in [-0.39, 0.29) is 29.3 Å². The Morgan fingerprint density at radius 2 is 1.86 bits per heavy atom. The Morgan fingerprint density at radius 1 is 1.24 bits per heavy atom. The molecule has 0 aliphatic carbocycles. The summed E-state index contributed by atoms with van der Waals surface area (Å²) >= 11 is 0. The fourth-order valence-corrected chi connectivity index (χ4v) is 1.71. The number of rotatable bonds is 4. The van der Waals surface area contributed by atoms with E-state index >= 15 is 0 Å². The average Bonchev–Trinajstić information content (AvgIpc) is 2.49. The van der Waals surface area contributed by atoms with Gasteiger partial charge in [-0.1, -0.05) is 5.16 Å². The molecule has 0 aliphatic heterocycles. The van der Waals surface area contributed by atoms with E-state index in [9.17, 15) is 4.79 Å². The molecule has 0 unspecified atom stereocenters. The van der Waals surface area contributed by atoms with Crippen LogP contribution in [0.2, 0.25) is 0 Å². The molecule has 0 atom stereocenters. The molecule has 0 saturated carbocycles. The van der Waals surface area contributed by atoms with Crippen molar-refractivity contribution >= 4 is 12.0 Å². The van der Waals surface area contributed by atoms with E-state index in [1.54, 1.807) is 53.4 Å². The number of halogens is 1. The summed E-state index contributed by atoms with van der Waals surface area (Å²) in [5, 5.41) is 20.0. The number of hydrogen-bond acceptors (Lipinski definition) is 4. The SMILES string of the molecule is N#Cc1ccc(C(=O)C[n+]2ccc(/C=N/O)cc2)cc1.[Br-]. The lowest BCUT2D eigenvalue weighted by molar-refractivity contribution is -0.683. The zero-order valence-electron chi connectivity index (χ0n) is 11.0. The first-order chi connectivity index (χ1) is 9.72. The van der Waals surface area contributed by atoms with Gasteiger partial charge in [0.05, 0.1) is 17.8 Å². The Morgan fingerprint density at radius 3 is 2.38 bits per heavy atom. The number of hydrogen-bond donors (Lipinski definition) is 1. The molecule has 0 bridgehead atoms. The average molecular weight is 346 g/mol. The Kier molecular flexibility index (Phi) is 6.24. The molecular formula is C15H12BrN3O2. The van der Waals surface area contributed by atoms with Crippen LogP contribution in [0.25, 0.3) is 0 Å². The van der Waals surface area contributed by atoms with Gasteiger partial charge in [0.1, 0.15) is 0 Å². The van der Waals surface area contributed by atoms with Gasteiger partial charge in [0, 0.05) is 23.3 Å². The quantitative estimate of drug-likeness (QED) is 0.242. The van der Waals surface area contributed by atoms with Crippen LogP contribution in [-0.4, -0.2) is 17.2 Å². The molecular weight excluding hydrogens is 334 g/mol. The molecule has 106 valence electrons. The van der Waals surface area contributed by atoms with Crippen molar-refractivity contribution in [2.24, 2.45) is 5.16 Å². The van der Waals surface area contributed by atoms with Crippen LogP contribution < -0.4 is 21.5 Å². The minimum absolute atomic E-state index is 0. The molecule has 0 aliphatic rings. The van der Waals surface area contributed by atoms with Gasteiger partial charge in [0.2, 0.25) is 12.3 Å². The highest BCUT2D eigenvalue weighted by atomic mass is 79.9. The van der Waals surface area contributed by atoms with Gasteiger partial charge in [0.15, 0.2) is 12.4 Å². The minimum atomic E-state index is -0.0388. The topological polar surface area (TPSA) is 77.3 Å². The minimum Gasteiger partial charge on any atom is -1.00 e. The van der Waals surface area contributed by atoms with Crippen molar-refractivity contribution in [2.45, 2.75) is 6.54 Å². The van der Waals surface area contributed by atoms with Crippen molar-refractivity contribution < 1.29 is 31.6 Å². The standard InChI is InChI=1S/C15H11N3O2.BrH/c16-9-12-1-3-14(4-2-12)15(19)11-18-7-5-13(6-8-18)10-17-20;/h1-8,10H,11H2;1H. The molecule has 2 rings (SSSR count). The summed E-state index contributed by atoms with van der Waals surface area (Å²) in [4.78, 5) is 12.1. The van der Waals surface area contributed by atoms with Crippen LogP contribution in [0.1, 0.15) is 21.5 Å². The summed E-state index contributed by atoms with van der Waals surface area (Å²) in [5.74, 6) is -0.0388. The molecule has 21 heavy (non-hydrogen) atoms. The zero-order chi connectivity index (χ0) is 14.4. The van der Waals surface area contributed by atoms with Crippen molar-refractivity contribution in [3.8, 4) is 6.07 Å². The predicted molar refractivity (Wildman–Crippen MR) is 71.5 cm³/mol. The van der Waals surface area contributed by atoms with E-state index in [1.807, 2.05) is 6.07 Å². The molecule has 1 N–H and O–H groups in total. The van der Waals surface area contributed by atoms with E-state index < -0.39 is 0 Å². The number of benzene rings is 1. The van der Waals surface area contributed by atoms with Crippen LogP contribution in [0.15, 0.2) is 53.9 Å². The summed E-state index contributed by atoms with van der Waals surface area (Å²) in [6.45, 7) is 0.211. The number of pyridine rings is 1. The van der Waals surface area contributed by atoms with Crippen LogP contribution in [-0.2, 0) is 6.54 Å². The van der Waals surface area contributed by atoms with Gasteiger partial charge in [-0.05, 0) is 24.3 Å². The summed E-state index contributed by atoms with van der Waals surface area (Å²) in [6.07, 6.45) is 4.78. The lowest BCUT2D eigenvalue weighted by Crippen LogP contribution is -3.00. The third kappa shape index (κ3) is 4.51. The lowest BCUT2D eigenvalue weighted by atomic mass is 10.1. The molecule has 1 aromatic heterocycles. The van der Waals surface area contributed by atoms with Crippen molar-refractivity contribution in [1.29, 1.82) is 5.26 Å². The molecule has 0 radical (unpaired) electrons. The van der Waals surface area contributed by atoms with E-state index in [1.165, 1.54) is 6.21 Å². The summed E-state index contributed by atoms with van der Waals surface area (Å²) in [7, 11) is 0. The Balaban J connectivity index is 0.00000220. The third-order valence-corrected chi connectivity index (χ3v) is 2.79. The molecule has 5 nitrogen and oxygen atoms in total. The predicted octanol–water partition coefficient (Wildman–Crippen LogP) is -1.46. The highest BCUT2D eigenvalue weighted by molar-refractivity contribution is 5.95. The van der Waals surface area contributed by atoms with Crippen molar-refractivity contribution in [3.63, 3.8) is 0 Å². The van der Waals surface area contributed by atoms with E-state index in [4.69, 9.17) is 10.5 Å². The van der Waals surface area contributed by atoms with E-state index in [0.717, 1.165) is 5.56 Å². The van der Waals surface area contributed by atoms with Gasteiger partial charge in [0.25, 0.3) is 0 Å². The van der Waals surface area contributed by atoms with E-state index in [0.29, 0.717) is 11.1 Å². The van der Waals surface area contributed by atoms with Gasteiger partial charge in [-0.3, -0.25) is 4.79 Å². The Labute approximate surface area is 132 Å². The van der Waals surface area contributed by atoms with Gasteiger partial charge < -0.3 is 22.2 Å². The number of carbonyl (C=O) groups is 1. The maximum absolute atomic E-state index is 12.1. The second kappa shape index (κ2) is 7.92. The number of aromatic nitrogens is 1. The third-order valence-electron chi connectivity index (χ3n) is 2.79. The number of ketones is 1. The van der Waals surface area contributed by atoms with Crippen LogP contribution in [0, 0.1) is 11.3 Å². The van der Waals surface area contributed by atoms with Gasteiger partial charge in [-0.25, -0.2) is 0 Å². The zero-order valence-corrected chi connectivity index (χ0v) is 12.6. The van der Waals surface area contributed by atoms with Crippen molar-refractivity contribution in [3.05, 3.63) is 65.5 Å². The molecule has 0 spiro atoms. The van der Waals surface area contributed by atoms with E-state index in [2.05, 4.69) is 5.16 Å². The normalized spacial score (nSPS) is 9.86. The second-order valence-corrected chi connectivity index (χ2v) is 4.16. The van der Waals surface area contributed by atoms with Crippen LogP contribution in [0.3, 0.4) is 0 Å². The first-order valence-corrected chi connectivity index (χ1v) is 5.93. The van der Waals surface area contributed by atoms with Gasteiger partial charge in [-0.2, -0.15) is 9.83 Å². The Hall–Kier alpha value is -2.52. The van der Waals surface area contributed by atoms with Gasteiger partial charge in [-0.15, -0.1) is 0 Å². The van der Waals surface area contributed by atoms with Gasteiger partial charge >= 0.3 is 0 Å². The highest BCUT2D eigenvalue weighted by Crippen LogP contribution is 2.04. The largest absolute Gasteiger partial charge is 1.00 e. The molecule has 0 fully saturated rings. The molecule has 6 heteroatoms. The van der Waals surface area contributed by atoms with Crippen LogP contribution >= 0.6 is 0 Å². The number of Topliss-reactive ketones (excluding diaryl/α,β-unsaturated/α-hetero) is 1. The van der Waals surface area contributed by atoms with Crippen molar-refractivity contribution in [1.82, 2.24) is 0 Å². The molecule has 1 aromatic carbocycles. The first kappa shape index (κ1) is 16.5. The number of carbonyl (C=O) groups excluding carboxylic acids is 1. The summed E-state index contributed by atoms with van der Waals surface area (Å²) in [6, 6.07) is 12.0. The summed E-state index contributed by atoms with van der Waals surface area (Å²) in [5.41, 5.74) is 1.84. The molecule has 0 amide bonds. The van der Waals surface area contributed by atoms with Crippen molar-refractivity contribution in [2.75, 3.05) is 0 Å². The number of nitriles is 1.